The van der Waals surface area contributed by atoms with Crippen molar-refractivity contribution < 1.29 is 0 Å². The molecule has 10 rings (SSSR count). The van der Waals surface area contributed by atoms with E-state index >= 15 is 0 Å². The van der Waals surface area contributed by atoms with Crippen molar-refractivity contribution in [1.82, 2.24) is 0 Å². The number of nitrogens with zero attached hydrogens (tertiary/aromatic N) is 2. The van der Waals surface area contributed by atoms with Crippen LogP contribution >= 0.6 is 0 Å². The first-order valence-corrected chi connectivity index (χ1v) is 21.6. The number of hydrogen-bond donors (Lipinski definition) is 0. The van der Waals surface area contributed by atoms with E-state index in [4.69, 9.17) is 0 Å². The molecular weight excluding hydrogens is 705 g/mol. The third-order valence-corrected chi connectivity index (χ3v) is 16.2. The number of anilines is 6. The molecule has 0 N–H and O–H groups in total. The molecule has 1 heterocycles. The van der Waals surface area contributed by atoms with Crippen molar-refractivity contribution >= 4 is 62.9 Å². The first-order chi connectivity index (χ1) is 28.3. The van der Waals surface area contributed by atoms with Gasteiger partial charge in [-0.15, -0.1) is 0 Å². The molecule has 270 valence electrons. The highest BCUT2D eigenvalue weighted by Gasteiger charge is 2.49. The lowest BCUT2D eigenvalue weighted by atomic mass is 10.0. The van der Waals surface area contributed by atoms with E-state index in [1.165, 1.54) is 54.4 Å². The van der Waals surface area contributed by atoms with Gasteiger partial charge in [0.1, 0.15) is 0 Å². The molecule has 0 aliphatic carbocycles. The molecule has 0 spiro atoms. The second-order valence-corrected chi connectivity index (χ2v) is 18.3. The van der Waals surface area contributed by atoms with Crippen LogP contribution in [0.5, 0.6) is 0 Å². The lowest BCUT2D eigenvalue weighted by Crippen LogP contribution is -2.77. The first kappa shape index (κ1) is 34.3. The van der Waals surface area contributed by atoms with Gasteiger partial charge in [0, 0.05) is 34.1 Å². The van der Waals surface area contributed by atoms with Gasteiger partial charge >= 0.3 is 0 Å². The number of hydrogen-bond acceptors (Lipinski definition) is 2. The molecule has 9 aromatic carbocycles. The van der Waals surface area contributed by atoms with Crippen LogP contribution in [0.15, 0.2) is 243 Å². The largest absolute Gasteiger partial charge is 0.311 e. The maximum atomic E-state index is 2.50. The smallest absolute Gasteiger partial charge is 0.184 e. The molecule has 2 nitrogen and oxygen atoms in total. The second-order valence-electron chi connectivity index (χ2n) is 14.5. The number of fused-ring (bicyclic) bond motifs is 2. The topological polar surface area (TPSA) is 6.48 Å². The molecule has 0 aromatic heterocycles. The zero-order valence-corrected chi connectivity index (χ0v) is 32.5. The highest BCUT2D eigenvalue weighted by atomic mass is 28.3. The summed E-state index contributed by atoms with van der Waals surface area (Å²) in [5, 5.41) is 5.45. The Bertz CT molecular complexity index is 2630. The van der Waals surface area contributed by atoms with E-state index in [1.807, 2.05) is 0 Å². The summed E-state index contributed by atoms with van der Waals surface area (Å²) in [6.45, 7) is 0. The Kier molecular flexibility index (Phi) is 8.90. The quantitative estimate of drug-likeness (QED) is 0.143. The average molecular weight is 745 g/mol. The fraction of sp³-hybridized carbons (Fsp3) is 0. The monoisotopic (exact) mass is 744 g/mol. The minimum atomic E-state index is -2.90. The summed E-state index contributed by atoms with van der Waals surface area (Å²) in [6, 6.07) is 88.9. The van der Waals surface area contributed by atoms with E-state index in [9.17, 15) is 0 Å². The Morgan fingerprint density at radius 3 is 1.19 bits per heavy atom. The zero-order chi connectivity index (χ0) is 38.0. The maximum Gasteiger partial charge on any atom is 0.184 e. The van der Waals surface area contributed by atoms with Crippen LogP contribution in [0.3, 0.4) is 0 Å². The molecule has 0 saturated carbocycles. The van der Waals surface area contributed by atoms with Gasteiger partial charge in [0.2, 0.25) is 0 Å². The van der Waals surface area contributed by atoms with Gasteiger partial charge in [-0.05, 0) is 104 Å². The van der Waals surface area contributed by atoms with Gasteiger partial charge in [-0.1, -0.05) is 182 Å². The van der Waals surface area contributed by atoms with Gasteiger partial charge in [0.05, 0.1) is 0 Å². The van der Waals surface area contributed by atoms with Crippen molar-refractivity contribution in [3.63, 3.8) is 0 Å². The summed E-state index contributed by atoms with van der Waals surface area (Å²) in [7, 11) is -2.90. The Morgan fingerprint density at radius 1 is 0.298 bits per heavy atom. The molecular formula is C54H40N2Si. The minimum absolute atomic E-state index is 1.10. The molecule has 57 heavy (non-hydrogen) atoms. The third kappa shape index (κ3) is 6.06. The van der Waals surface area contributed by atoms with Crippen molar-refractivity contribution in [3.05, 3.63) is 243 Å². The molecule has 0 saturated heterocycles. The molecule has 0 amide bonds. The van der Waals surface area contributed by atoms with Crippen LogP contribution < -0.4 is 30.5 Å². The van der Waals surface area contributed by atoms with E-state index < -0.39 is 8.07 Å². The normalized spacial score (nSPS) is 12.7. The van der Waals surface area contributed by atoms with Gasteiger partial charge in [-0.2, -0.15) is 0 Å². The summed E-state index contributed by atoms with van der Waals surface area (Å²) >= 11 is 0. The standard InChI is InChI=1S/C54H40N2Si/c1-6-18-41(19-7-1)43-30-34-46(35-31-43)55(47-36-32-44(33-37-47)42-20-8-2-9-21-42)48-38-39-52-54(40-48)57(49-24-12-4-13-25-49,50-26-14-5-15-27-50)53-29-17-16-28-51(53)56(52)45-22-10-3-11-23-45/h1-40H. The van der Waals surface area contributed by atoms with Gasteiger partial charge < -0.3 is 9.80 Å². The van der Waals surface area contributed by atoms with Crippen molar-refractivity contribution in [1.29, 1.82) is 0 Å². The molecule has 1 aliphatic rings. The predicted octanol–water partition coefficient (Wildman–Crippen LogP) is 11.7. The predicted molar refractivity (Wildman–Crippen MR) is 244 cm³/mol. The Hall–Kier alpha value is -7.20. The van der Waals surface area contributed by atoms with Crippen molar-refractivity contribution in [2.24, 2.45) is 0 Å². The van der Waals surface area contributed by atoms with Crippen LogP contribution in [0.4, 0.5) is 34.1 Å². The van der Waals surface area contributed by atoms with Crippen molar-refractivity contribution in [2.75, 3.05) is 9.80 Å². The Balaban J connectivity index is 1.24. The molecule has 1 aliphatic heterocycles. The number of rotatable bonds is 8. The summed E-state index contributed by atoms with van der Waals surface area (Å²) in [5.74, 6) is 0. The third-order valence-electron chi connectivity index (χ3n) is 11.3. The number of para-hydroxylation sites is 2. The van der Waals surface area contributed by atoms with Crippen LogP contribution in [0.1, 0.15) is 0 Å². The lowest BCUT2D eigenvalue weighted by Gasteiger charge is -2.45. The summed E-state index contributed by atoms with van der Waals surface area (Å²) in [6.07, 6.45) is 0. The average Bonchev–Trinajstić information content (AvgIpc) is 3.30. The fourth-order valence-corrected chi connectivity index (χ4v) is 13.9. The lowest BCUT2D eigenvalue weighted by molar-refractivity contribution is 1.26. The maximum absolute atomic E-state index is 2.90. The summed E-state index contributed by atoms with van der Waals surface area (Å²) < 4.78 is 0. The fourth-order valence-electron chi connectivity index (χ4n) is 8.75. The van der Waals surface area contributed by atoms with Crippen molar-refractivity contribution in [2.45, 2.75) is 0 Å². The summed E-state index contributed by atoms with van der Waals surface area (Å²) in [5.41, 5.74) is 11.7. The molecule has 9 aromatic rings. The van der Waals surface area contributed by atoms with E-state index in [-0.39, 0.29) is 0 Å². The Labute approximate surface area is 336 Å². The molecule has 0 fully saturated rings. The van der Waals surface area contributed by atoms with E-state index in [0.29, 0.717) is 0 Å². The molecule has 3 heteroatoms. The SMILES string of the molecule is c1ccc(-c2ccc(N(c3ccc(-c4ccccc4)cc3)c3ccc4c(c3)[Si](c3ccccc3)(c3ccccc3)c3ccccc3N4c3ccccc3)cc2)cc1. The Morgan fingerprint density at radius 2 is 0.684 bits per heavy atom. The minimum Gasteiger partial charge on any atom is -0.311 e. The highest BCUT2D eigenvalue weighted by Crippen LogP contribution is 2.42. The van der Waals surface area contributed by atoms with Crippen LogP contribution in [-0.4, -0.2) is 8.07 Å². The second kappa shape index (κ2) is 14.8. The van der Waals surface area contributed by atoms with Crippen molar-refractivity contribution in [3.8, 4) is 22.3 Å². The molecule has 0 bridgehead atoms. The summed E-state index contributed by atoms with van der Waals surface area (Å²) in [4.78, 5) is 4.89. The van der Waals surface area contributed by atoms with Crippen LogP contribution in [-0.2, 0) is 0 Å². The number of benzene rings is 9. The first-order valence-electron chi connectivity index (χ1n) is 19.6. The van der Waals surface area contributed by atoms with Gasteiger partial charge in [0.25, 0.3) is 0 Å². The molecule has 0 atom stereocenters. The van der Waals surface area contributed by atoms with Gasteiger partial charge in [-0.25, -0.2) is 0 Å². The van der Waals surface area contributed by atoms with Crippen LogP contribution in [0.2, 0.25) is 0 Å². The van der Waals surface area contributed by atoms with Gasteiger partial charge in [0.15, 0.2) is 8.07 Å². The zero-order valence-electron chi connectivity index (χ0n) is 31.5. The molecule has 0 radical (unpaired) electrons. The van der Waals surface area contributed by atoms with E-state index in [2.05, 4.69) is 252 Å². The van der Waals surface area contributed by atoms with Gasteiger partial charge in [-0.3, -0.25) is 0 Å². The van der Waals surface area contributed by atoms with E-state index in [1.54, 1.807) is 0 Å². The van der Waals surface area contributed by atoms with Crippen LogP contribution in [0.25, 0.3) is 22.3 Å². The van der Waals surface area contributed by atoms with E-state index in [0.717, 1.165) is 22.7 Å². The highest BCUT2D eigenvalue weighted by molar-refractivity contribution is 7.21. The molecule has 0 unspecified atom stereocenters. The van der Waals surface area contributed by atoms with Crippen LogP contribution in [0, 0.1) is 0 Å².